The van der Waals surface area contributed by atoms with Crippen LogP contribution in [0.1, 0.15) is 28.4 Å². The summed E-state index contributed by atoms with van der Waals surface area (Å²) in [5, 5.41) is 0. The second-order valence-electron chi connectivity index (χ2n) is 3.99. The first-order chi connectivity index (χ1) is 7.60. The summed E-state index contributed by atoms with van der Waals surface area (Å²) in [5.41, 5.74) is 8.47. The molecule has 0 saturated heterocycles. The average Bonchev–Trinajstić information content (AvgIpc) is 2.25. The molecular weight excluding hydrogens is 200 g/mol. The standard InChI is InChI=1S/C13H20N2O/c1-4-15(8-7-14)13(16)12-6-5-10(2)9-11(12)3/h5-6,9H,4,7-8,14H2,1-3H3. The molecule has 0 heterocycles. The highest BCUT2D eigenvalue weighted by atomic mass is 16.2. The Bertz CT molecular complexity index is 374. The quantitative estimate of drug-likeness (QED) is 0.840. The fourth-order valence-corrected chi connectivity index (χ4v) is 1.78. The molecule has 0 aromatic heterocycles. The van der Waals surface area contributed by atoms with E-state index in [2.05, 4.69) is 0 Å². The summed E-state index contributed by atoms with van der Waals surface area (Å²) in [4.78, 5) is 13.9. The first kappa shape index (κ1) is 12.7. The van der Waals surface area contributed by atoms with Gasteiger partial charge in [0.15, 0.2) is 0 Å². The topological polar surface area (TPSA) is 46.3 Å². The van der Waals surface area contributed by atoms with Crippen LogP contribution in [0.4, 0.5) is 0 Å². The van der Waals surface area contributed by atoms with Gasteiger partial charge in [-0.2, -0.15) is 0 Å². The van der Waals surface area contributed by atoms with Crippen molar-refractivity contribution >= 4 is 5.91 Å². The van der Waals surface area contributed by atoms with Crippen LogP contribution in [0.2, 0.25) is 0 Å². The van der Waals surface area contributed by atoms with E-state index in [4.69, 9.17) is 5.73 Å². The molecule has 0 atom stereocenters. The lowest BCUT2D eigenvalue weighted by Crippen LogP contribution is -2.35. The molecule has 0 unspecified atom stereocenters. The first-order valence-corrected chi connectivity index (χ1v) is 5.66. The monoisotopic (exact) mass is 220 g/mol. The number of hydrogen-bond donors (Lipinski definition) is 1. The van der Waals surface area contributed by atoms with E-state index in [1.165, 1.54) is 5.56 Å². The minimum absolute atomic E-state index is 0.0745. The number of likely N-dealkylation sites (N-methyl/N-ethyl adjacent to an activating group) is 1. The van der Waals surface area contributed by atoms with Gasteiger partial charge in [0.1, 0.15) is 0 Å². The fraction of sp³-hybridized carbons (Fsp3) is 0.462. The SMILES string of the molecule is CCN(CCN)C(=O)c1ccc(C)cc1C. The van der Waals surface area contributed by atoms with E-state index >= 15 is 0 Å². The maximum atomic E-state index is 12.2. The van der Waals surface area contributed by atoms with Gasteiger partial charge in [-0.05, 0) is 32.4 Å². The Labute approximate surface area is 97.2 Å². The van der Waals surface area contributed by atoms with Gasteiger partial charge in [0, 0.05) is 25.2 Å². The molecule has 88 valence electrons. The normalized spacial score (nSPS) is 10.2. The molecule has 1 aromatic carbocycles. The molecule has 0 aliphatic carbocycles. The highest BCUT2D eigenvalue weighted by Gasteiger charge is 2.15. The third kappa shape index (κ3) is 2.83. The average molecular weight is 220 g/mol. The Balaban J connectivity index is 2.94. The molecule has 2 N–H and O–H groups in total. The van der Waals surface area contributed by atoms with Crippen LogP contribution in [0, 0.1) is 13.8 Å². The summed E-state index contributed by atoms with van der Waals surface area (Å²) >= 11 is 0. The van der Waals surface area contributed by atoms with Crippen molar-refractivity contribution in [1.82, 2.24) is 4.90 Å². The molecule has 1 amide bonds. The van der Waals surface area contributed by atoms with Crippen LogP contribution in [-0.4, -0.2) is 30.4 Å². The van der Waals surface area contributed by atoms with Crippen molar-refractivity contribution in [2.45, 2.75) is 20.8 Å². The molecule has 3 heteroatoms. The minimum Gasteiger partial charge on any atom is -0.338 e. The summed E-state index contributed by atoms with van der Waals surface area (Å²) in [7, 11) is 0. The summed E-state index contributed by atoms with van der Waals surface area (Å²) in [5.74, 6) is 0.0745. The summed E-state index contributed by atoms with van der Waals surface area (Å²) in [6.45, 7) is 7.78. The number of nitrogens with two attached hydrogens (primary N) is 1. The Hall–Kier alpha value is -1.35. The van der Waals surface area contributed by atoms with Gasteiger partial charge in [0.2, 0.25) is 0 Å². The van der Waals surface area contributed by atoms with Crippen LogP contribution in [0.25, 0.3) is 0 Å². The summed E-state index contributed by atoms with van der Waals surface area (Å²) in [6, 6.07) is 5.90. The van der Waals surface area contributed by atoms with Gasteiger partial charge >= 0.3 is 0 Å². The van der Waals surface area contributed by atoms with E-state index in [-0.39, 0.29) is 5.91 Å². The van der Waals surface area contributed by atoms with Gasteiger partial charge in [-0.15, -0.1) is 0 Å². The minimum atomic E-state index is 0.0745. The predicted octanol–water partition coefficient (Wildman–Crippen LogP) is 1.72. The number of benzene rings is 1. The highest BCUT2D eigenvalue weighted by molar-refractivity contribution is 5.95. The van der Waals surface area contributed by atoms with Gasteiger partial charge in [-0.1, -0.05) is 17.7 Å². The molecule has 1 rings (SSSR count). The number of nitrogens with zero attached hydrogens (tertiary/aromatic N) is 1. The number of carbonyl (C=O) groups is 1. The van der Waals surface area contributed by atoms with Gasteiger partial charge < -0.3 is 10.6 Å². The van der Waals surface area contributed by atoms with Gasteiger partial charge in [-0.25, -0.2) is 0 Å². The molecule has 0 radical (unpaired) electrons. The molecule has 0 saturated carbocycles. The fourth-order valence-electron chi connectivity index (χ4n) is 1.78. The number of rotatable bonds is 4. The van der Waals surface area contributed by atoms with Gasteiger partial charge in [-0.3, -0.25) is 4.79 Å². The van der Waals surface area contributed by atoms with E-state index in [1.807, 2.05) is 39.0 Å². The highest BCUT2D eigenvalue weighted by Crippen LogP contribution is 2.13. The number of amides is 1. The van der Waals surface area contributed by atoms with Gasteiger partial charge in [0.25, 0.3) is 5.91 Å². The molecule has 0 aliphatic rings. The zero-order valence-electron chi connectivity index (χ0n) is 10.3. The maximum absolute atomic E-state index is 12.2. The summed E-state index contributed by atoms with van der Waals surface area (Å²) in [6.07, 6.45) is 0. The van der Waals surface area contributed by atoms with E-state index in [0.717, 1.165) is 11.1 Å². The molecule has 0 fully saturated rings. The molecular formula is C13H20N2O. The molecule has 16 heavy (non-hydrogen) atoms. The van der Waals surface area contributed by atoms with Crippen molar-refractivity contribution in [3.05, 3.63) is 34.9 Å². The molecule has 0 aliphatic heterocycles. The van der Waals surface area contributed by atoms with Crippen LogP contribution in [0.15, 0.2) is 18.2 Å². The first-order valence-electron chi connectivity index (χ1n) is 5.66. The van der Waals surface area contributed by atoms with Crippen LogP contribution in [0.5, 0.6) is 0 Å². The van der Waals surface area contributed by atoms with Crippen molar-refractivity contribution in [1.29, 1.82) is 0 Å². The van der Waals surface area contributed by atoms with Crippen LogP contribution < -0.4 is 5.73 Å². The third-order valence-electron chi connectivity index (χ3n) is 2.68. The number of hydrogen-bond acceptors (Lipinski definition) is 2. The Morgan fingerprint density at radius 3 is 2.56 bits per heavy atom. The lowest BCUT2D eigenvalue weighted by atomic mass is 10.0. The van der Waals surface area contributed by atoms with E-state index in [0.29, 0.717) is 19.6 Å². The second-order valence-corrected chi connectivity index (χ2v) is 3.99. The second kappa shape index (κ2) is 5.66. The van der Waals surface area contributed by atoms with Gasteiger partial charge in [0.05, 0.1) is 0 Å². The molecule has 0 bridgehead atoms. The van der Waals surface area contributed by atoms with Crippen molar-refractivity contribution in [2.24, 2.45) is 5.73 Å². The predicted molar refractivity (Wildman–Crippen MR) is 66.5 cm³/mol. The number of aryl methyl sites for hydroxylation is 2. The van der Waals surface area contributed by atoms with Crippen LogP contribution in [0.3, 0.4) is 0 Å². The molecule has 1 aromatic rings. The lowest BCUT2D eigenvalue weighted by Gasteiger charge is -2.21. The van der Waals surface area contributed by atoms with E-state index < -0.39 is 0 Å². The zero-order chi connectivity index (χ0) is 12.1. The van der Waals surface area contributed by atoms with Crippen molar-refractivity contribution in [3.8, 4) is 0 Å². The molecule has 3 nitrogen and oxygen atoms in total. The number of carbonyl (C=O) groups excluding carboxylic acids is 1. The maximum Gasteiger partial charge on any atom is 0.254 e. The van der Waals surface area contributed by atoms with E-state index in [9.17, 15) is 4.79 Å². The third-order valence-corrected chi connectivity index (χ3v) is 2.68. The Kier molecular flexibility index (Phi) is 4.50. The van der Waals surface area contributed by atoms with Crippen LogP contribution >= 0.6 is 0 Å². The van der Waals surface area contributed by atoms with Crippen molar-refractivity contribution in [3.63, 3.8) is 0 Å². The largest absolute Gasteiger partial charge is 0.338 e. The molecule has 0 spiro atoms. The van der Waals surface area contributed by atoms with Crippen molar-refractivity contribution < 1.29 is 4.79 Å². The van der Waals surface area contributed by atoms with Crippen molar-refractivity contribution in [2.75, 3.05) is 19.6 Å². The zero-order valence-corrected chi connectivity index (χ0v) is 10.3. The smallest absolute Gasteiger partial charge is 0.254 e. The summed E-state index contributed by atoms with van der Waals surface area (Å²) < 4.78 is 0. The van der Waals surface area contributed by atoms with Crippen LogP contribution in [-0.2, 0) is 0 Å². The Morgan fingerprint density at radius 2 is 2.06 bits per heavy atom. The van der Waals surface area contributed by atoms with E-state index in [1.54, 1.807) is 4.90 Å². The lowest BCUT2D eigenvalue weighted by molar-refractivity contribution is 0.0768. The Morgan fingerprint density at radius 1 is 1.38 bits per heavy atom.